The Kier molecular flexibility index (Phi) is 6.38. The minimum Gasteiger partial charge on any atom is -0.505 e. The zero-order chi connectivity index (χ0) is 22.2. The SMILES string of the molecule is CCC(C)OC(=O)Cc1c(C)n(C(=O)c2ccc(Cl)c(Cl)c2)c2cc(F)c(O)cc12. The van der Waals surface area contributed by atoms with Crippen LogP contribution in [-0.4, -0.2) is 27.7 Å². The van der Waals surface area contributed by atoms with Crippen LogP contribution in [0.25, 0.3) is 10.9 Å². The van der Waals surface area contributed by atoms with Gasteiger partial charge in [0.05, 0.1) is 28.1 Å². The van der Waals surface area contributed by atoms with Crippen LogP contribution in [0.1, 0.15) is 41.9 Å². The molecule has 0 fully saturated rings. The van der Waals surface area contributed by atoms with E-state index in [-0.39, 0.29) is 28.6 Å². The summed E-state index contributed by atoms with van der Waals surface area (Å²) < 4.78 is 20.8. The molecule has 0 bridgehead atoms. The van der Waals surface area contributed by atoms with Gasteiger partial charge in [0.25, 0.3) is 5.91 Å². The highest BCUT2D eigenvalue weighted by atomic mass is 35.5. The first-order chi connectivity index (χ1) is 14.1. The quantitative estimate of drug-likeness (QED) is 0.507. The van der Waals surface area contributed by atoms with Crippen molar-refractivity contribution in [2.75, 3.05) is 0 Å². The average Bonchev–Trinajstić information content (AvgIpc) is 2.94. The van der Waals surface area contributed by atoms with Gasteiger partial charge >= 0.3 is 5.97 Å². The van der Waals surface area contributed by atoms with Crippen LogP contribution in [0.3, 0.4) is 0 Å². The van der Waals surface area contributed by atoms with Gasteiger partial charge in [0, 0.05) is 22.7 Å². The fraction of sp³-hybridized carbons (Fsp3) is 0.273. The molecule has 8 heteroatoms. The summed E-state index contributed by atoms with van der Waals surface area (Å²) in [6.07, 6.45) is 0.281. The molecule has 30 heavy (non-hydrogen) atoms. The Morgan fingerprint density at radius 1 is 1.20 bits per heavy atom. The van der Waals surface area contributed by atoms with Gasteiger partial charge < -0.3 is 9.84 Å². The van der Waals surface area contributed by atoms with Gasteiger partial charge in [-0.15, -0.1) is 0 Å². The number of esters is 1. The Bertz CT molecular complexity index is 1160. The molecule has 1 heterocycles. The lowest BCUT2D eigenvalue weighted by molar-refractivity contribution is -0.147. The number of carbonyl (C=O) groups excluding carboxylic acids is 2. The predicted molar refractivity (Wildman–Crippen MR) is 114 cm³/mol. The first-order valence-electron chi connectivity index (χ1n) is 9.35. The van der Waals surface area contributed by atoms with Crippen LogP contribution in [0.2, 0.25) is 10.0 Å². The van der Waals surface area contributed by atoms with Crippen LogP contribution >= 0.6 is 23.2 Å². The molecule has 1 N–H and O–H groups in total. The highest BCUT2D eigenvalue weighted by Gasteiger charge is 2.24. The number of ether oxygens (including phenoxy) is 1. The van der Waals surface area contributed by atoms with Crippen molar-refractivity contribution in [3.05, 3.63) is 63.0 Å². The van der Waals surface area contributed by atoms with Gasteiger partial charge in [-0.2, -0.15) is 0 Å². The molecule has 0 spiro atoms. The molecule has 0 aliphatic rings. The average molecular weight is 452 g/mol. The lowest BCUT2D eigenvalue weighted by Gasteiger charge is -2.11. The van der Waals surface area contributed by atoms with E-state index >= 15 is 0 Å². The van der Waals surface area contributed by atoms with Crippen LogP contribution < -0.4 is 0 Å². The number of phenolic OH excluding ortho intramolecular Hbond substituents is 1. The van der Waals surface area contributed by atoms with Crippen molar-refractivity contribution < 1.29 is 23.8 Å². The molecule has 0 aliphatic heterocycles. The van der Waals surface area contributed by atoms with E-state index in [4.69, 9.17) is 27.9 Å². The molecule has 1 unspecified atom stereocenters. The zero-order valence-electron chi connectivity index (χ0n) is 16.6. The van der Waals surface area contributed by atoms with Crippen molar-refractivity contribution in [3.63, 3.8) is 0 Å². The molecule has 1 atom stereocenters. The first-order valence-corrected chi connectivity index (χ1v) is 10.1. The van der Waals surface area contributed by atoms with Gasteiger partial charge in [-0.3, -0.25) is 14.2 Å². The number of hydrogen-bond donors (Lipinski definition) is 1. The van der Waals surface area contributed by atoms with Crippen LogP contribution in [0.5, 0.6) is 5.75 Å². The zero-order valence-corrected chi connectivity index (χ0v) is 18.1. The Balaban J connectivity index is 2.15. The summed E-state index contributed by atoms with van der Waals surface area (Å²) >= 11 is 12.0. The van der Waals surface area contributed by atoms with Gasteiger partial charge in [-0.05, 0) is 50.1 Å². The van der Waals surface area contributed by atoms with E-state index in [0.29, 0.717) is 28.1 Å². The molecular formula is C22H20Cl2FNO4. The molecule has 3 aromatic rings. The van der Waals surface area contributed by atoms with E-state index in [0.717, 1.165) is 6.07 Å². The number of aromatic nitrogens is 1. The Morgan fingerprint density at radius 2 is 1.90 bits per heavy atom. The number of nitrogens with zero attached hydrogens (tertiary/aromatic N) is 1. The van der Waals surface area contributed by atoms with E-state index in [9.17, 15) is 19.1 Å². The Hall–Kier alpha value is -2.57. The summed E-state index contributed by atoms with van der Waals surface area (Å²) in [7, 11) is 0. The van der Waals surface area contributed by atoms with Crippen LogP contribution in [-0.2, 0) is 16.0 Å². The molecule has 5 nitrogen and oxygen atoms in total. The molecule has 3 rings (SSSR count). The number of halogens is 3. The topological polar surface area (TPSA) is 68.5 Å². The van der Waals surface area contributed by atoms with E-state index in [2.05, 4.69) is 0 Å². The number of rotatable bonds is 5. The second-order valence-corrected chi connectivity index (χ2v) is 7.85. The number of phenols is 1. The summed E-state index contributed by atoms with van der Waals surface area (Å²) in [5, 5.41) is 10.8. The number of carbonyl (C=O) groups is 2. The van der Waals surface area contributed by atoms with Crippen molar-refractivity contribution >= 4 is 46.0 Å². The van der Waals surface area contributed by atoms with E-state index in [1.807, 2.05) is 6.92 Å². The maximum atomic E-state index is 14.1. The van der Waals surface area contributed by atoms with E-state index < -0.39 is 23.4 Å². The van der Waals surface area contributed by atoms with Gasteiger partial charge in [0.1, 0.15) is 0 Å². The van der Waals surface area contributed by atoms with Gasteiger partial charge in [-0.25, -0.2) is 4.39 Å². The monoisotopic (exact) mass is 451 g/mol. The standard InChI is InChI=1S/C22H20Cl2FNO4/c1-4-11(2)30-21(28)9-14-12(3)26(19-10-18(25)20(27)8-15(14)19)22(29)13-5-6-16(23)17(24)7-13/h5-8,10-11,27H,4,9H2,1-3H3. The summed E-state index contributed by atoms with van der Waals surface area (Å²) in [4.78, 5) is 25.6. The second-order valence-electron chi connectivity index (χ2n) is 7.04. The summed E-state index contributed by atoms with van der Waals surface area (Å²) in [6, 6.07) is 6.70. The first kappa shape index (κ1) is 22.1. The molecule has 158 valence electrons. The lowest BCUT2D eigenvalue weighted by atomic mass is 10.1. The van der Waals surface area contributed by atoms with Gasteiger partial charge in [0.2, 0.25) is 0 Å². The third-order valence-electron chi connectivity index (χ3n) is 5.00. The second kappa shape index (κ2) is 8.66. The smallest absolute Gasteiger partial charge is 0.310 e. The molecule has 1 aromatic heterocycles. The normalized spacial score (nSPS) is 12.2. The Morgan fingerprint density at radius 3 is 2.53 bits per heavy atom. The summed E-state index contributed by atoms with van der Waals surface area (Å²) in [6.45, 7) is 5.32. The maximum absolute atomic E-state index is 14.1. The van der Waals surface area contributed by atoms with E-state index in [1.165, 1.54) is 28.8 Å². The highest BCUT2D eigenvalue weighted by molar-refractivity contribution is 6.42. The lowest BCUT2D eigenvalue weighted by Crippen LogP contribution is -2.17. The van der Waals surface area contributed by atoms with Crippen molar-refractivity contribution in [1.29, 1.82) is 0 Å². The summed E-state index contributed by atoms with van der Waals surface area (Å²) in [5.74, 6) is -2.39. The minimum absolute atomic E-state index is 0.126. The molecular weight excluding hydrogens is 432 g/mol. The maximum Gasteiger partial charge on any atom is 0.310 e. The molecule has 0 radical (unpaired) electrons. The van der Waals surface area contributed by atoms with Crippen LogP contribution in [0.15, 0.2) is 30.3 Å². The van der Waals surface area contributed by atoms with E-state index in [1.54, 1.807) is 13.8 Å². The predicted octanol–water partition coefficient (Wildman–Crippen LogP) is 5.67. The number of benzene rings is 2. The Labute approximate surface area is 183 Å². The number of fused-ring (bicyclic) bond motifs is 1. The number of hydrogen-bond acceptors (Lipinski definition) is 4. The molecule has 0 saturated carbocycles. The van der Waals surface area contributed by atoms with Crippen molar-refractivity contribution in [1.82, 2.24) is 4.57 Å². The minimum atomic E-state index is -0.878. The van der Waals surface area contributed by atoms with Gasteiger partial charge in [-0.1, -0.05) is 30.1 Å². The molecule has 2 aromatic carbocycles. The molecule has 0 aliphatic carbocycles. The van der Waals surface area contributed by atoms with Gasteiger partial charge in [0.15, 0.2) is 11.6 Å². The third kappa shape index (κ3) is 4.16. The highest BCUT2D eigenvalue weighted by Crippen LogP contribution is 2.33. The van der Waals surface area contributed by atoms with Crippen LogP contribution in [0.4, 0.5) is 4.39 Å². The van der Waals surface area contributed by atoms with Crippen LogP contribution in [0, 0.1) is 12.7 Å². The molecule has 0 amide bonds. The fourth-order valence-corrected chi connectivity index (χ4v) is 3.52. The van der Waals surface area contributed by atoms with Crippen molar-refractivity contribution in [2.24, 2.45) is 0 Å². The third-order valence-corrected chi connectivity index (χ3v) is 5.74. The fourth-order valence-electron chi connectivity index (χ4n) is 3.23. The largest absolute Gasteiger partial charge is 0.505 e. The molecule has 0 saturated heterocycles. The summed E-state index contributed by atoms with van der Waals surface area (Å²) in [5.41, 5.74) is 1.38. The van der Waals surface area contributed by atoms with Crippen molar-refractivity contribution in [3.8, 4) is 5.75 Å². The van der Waals surface area contributed by atoms with Crippen molar-refractivity contribution in [2.45, 2.75) is 39.7 Å². The number of aromatic hydroxyl groups is 1.